The second-order valence-electron chi connectivity index (χ2n) is 7.83. The van der Waals surface area contributed by atoms with Gasteiger partial charge in [-0.15, -0.1) is 0 Å². The quantitative estimate of drug-likeness (QED) is 0.745. The monoisotopic (exact) mass is 375 g/mol. The third kappa shape index (κ3) is 4.59. The van der Waals surface area contributed by atoms with Crippen LogP contribution in [0.25, 0.3) is 0 Å². The minimum atomic E-state index is -0.874. The summed E-state index contributed by atoms with van der Waals surface area (Å²) in [6.07, 6.45) is 1.43. The van der Waals surface area contributed by atoms with Gasteiger partial charge in [0, 0.05) is 38.2 Å². The predicted molar refractivity (Wildman–Crippen MR) is 102 cm³/mol. The van der Waals surface area contributed by atoms with Crippen LogP contribution in [0, 0.1) is 5.92 Å². The van der Waals surface area contributed by atoms with E-state index in [0.717, 1.165) is 37.5 Å². The van der Waals surface area contributed by atoms with Crippen molar-refractivity contribution in [1.82, 2.24) is 15.1 Å². The summed E-state index contributed by atoms with van der Waals surface area (Å²) >= 11 is 0. The number of piperidine rings is 1. The number of hydrogen-bond acceptors (Lipinski definition) is 5. The smallest absolute Gasteiger partial charge is 0.309 e. The van der Waals surface area contributed by atoms with Crippen LogP contribution in [0.15, 0.2) is 24.3 Å². The summed E-state index contributed by atoms with van der Waals surface area (Å²) in [5.41, 5.74) is 0.554. The molecule has 1 amide bonds. The predicted octanol–water partition coefficient (Wildman–Crippen LogP) is 1.18. The second-order valence-corrected chi connectivity index (χ2v) is 7.83. The molecule has 2 fully saturated rings. The van der Waals surface area contributed by atoms with Crippen molar-refractivity contribution in [2.75, 3.05) is 40.3 Å². The molecule has 0 aromatic heterocycles. The molecule has 3 rings (SSSR count). The Morgan fingerprint density at radius 3 is 2.70 bits per heavy atom. The van der Waals surface area contributed by atoms with E-state index in [-0.39, 0.29) is 12.3 Å². The highest BCUT2D eigenvalue weighted by atomic mass is 16.5. The summed E-state index contributed by atoms with van der Waals surface area (Å²) in [6, 6.07) is 8.06. The number of amides is 1. The molecule has 2 aliphatic heterocycles. The molecule has 0 unspecified atom stereocenters. The van der Waals surface area contributed by atoms with Crippen LogP contribution >= 0.6 is 0 Å². The highest BCUT2D eigenvalue weighted by Gasteiger charge is 2.51. The van der Waals surface area contributed by atoms with Gasteiger partial charge in [-0.3, -0.25) is 14.5 Å². The largest absolute Gasteiger partial charge is 0.492 e. The third-order valence-electron chi connectivity index (χ3n) is 5.65. The van der Waals surface area contributed by atoms with Gasteiger partial charge in [0.25, 0.3) is 0 Å². The first kappa shape index (κ1) is 19.6. The van der Waals surface area contributed by atoms with Crippen LogP contribution in [-0.2, 0) is 16.1 Å². The van der Waals surface area contributed by atoms with Gasteiger partial charge in [-0.25, -0.2) is 0 Å². The number of benzene rings is 1. The standard InChI is InChI=1S/C20H29N3O4/c1-22(2)11-12-27-17-6-4-3-5-15(17)14-23-9-7-20(8-10-23)16(19(25)26)13-18(24)21-20/h3-6,16H,7-14H2,1-2H3,(H,21,24)(H,25,26)/t16-/m1/s1. The number of carbonyl (C=O) groups is 2. The van der Waals surface area contributed by atoms with Crippen LogP contribution in [0.1, 0.15) is 24.8 Å². The van der Waals surface area contributed by atoms with E-state index in [1.165, 1.54) is 0 Å². The van der Waals surface area contributed by atoms with Crippen molar-refractivity contribution in [1.29, 1.82) is 0 Å². The number of carboxylic acids is 1. The zero-order valence-electron chi connectivity index (χ0n) is 16.1. The summed E-state index contributed by atoms with van der Waals surface area (Å²) in [5.74, 6) is -0.733. The second kappa shape index (κ2) is 8.27. The third-order valence-corrected chi connectivity index (χ3v) is 5.65. The number of likely N-dealkylation sites (N-methyl/N-ethyl adjacent to an activating group) is 1. The lowest BCUT2D eigenvalue weighted by Crippen LogP contribution is -2.55. The van der Waals surface area contributed by atoms with E-state index in [9.17, 15) is 14.7 Å². The van der Waals surface area contributed by atoms with E-state index in [1.54, 1.807) is 0 Å². The zero-order chi connectivity index (χ0) is 19.4. The van der Waals surface area contributed by atoms with Crippen LogP contribution in [0.3, 0.4) is 0 Å². The molecule has 0 bridgehead atoms. The van der Waals surface area contributed by atoms with Gasteiger partial charge in [0.1, 0.15) is 12.4 Å². The maximum Gasteiger partial charge on any atom is 0.309 e. The molecule has 148 valence electrons. The fraction of sp³-hybridized carbons (Fsp3) is 0.600. The SMILES string of the molecule is CN(C)CCOc1ccccc1CN1CCC2(CC1)NC(=O)C[C@@H]2C(=O)O. The van der Waals surface area contributed by atoms with Gasteiger partial charge in [0.2, 0.25) is 5.91 Å². The van der Waals surface area contributed by atoms with Gasteiger partial charge in [-0.2, -0.15) is 0 Å². The molecule has 1 aromatic rings. The van der Waals surface area contributed by atoms with Crippen LogP contribution in [-0.4, -0.2) is 72.7 Å². The van der Waals surface area contributed by atoms with Crippen molar-refractivity contribution in [2.24, 2.45) is 5.92 Å². The Hall–Kier alpha value is -2.12. The number of nitrogens with zero attached hydrogens (tertiary/aromatic N) is 2. The molecule has 1 aromatic carbocycles. The van der Waals surface area contributed by atoms with E-state index in [1.807, 2.05) is 32.3 Å². The molecule has 7 nitrogen and oxygen atoms in total. The number of nitrogens with one attached hydrogen (secondary N) is 1. The average Bonchev–Trinajstić information content (AvgIpc) is 2.94. The highest BCUT2D eigenvalue weighted by Crippen LogP contribution is 2.37. The maximum absolute atomic E-state index is 11.8. The van der Waals surface area contributed by atoms with Gasteiger partial charge in [0.05, 0.1) is 11.5 Å². The Balaban J connectivity index is 1.60. The number of carboxylic acid groups (broad SMARTS) is 1. The minimum Gasteiger partial charge on any atom is -0.492 e. The molecule has 1 spiro atoms. The van der Waals surface area contributed by atoms with Crippen molar-refractivity contribution < 1.29 is 19.4 Å². The van der Waals surface area contributed by atoms with E-state index in [0.29, 0.717) is 19.4 Å². The molecule has 1 atom stereocenters. The molecule has 0 aliphatic carbocycles. The summed E-state index contributed by atoms with van der Waals surface area (Å²) < 4.78 is 5.94. The van der Waals surface area contributed by atoms with Gasteiger partial charge in [-0.1, -0.05) is 18.2 Å². The Labute approximate surface area is 160 Å². The fourth-order valence-electron chi connectivity index (χ4n) is 4.06. The minimum absolute atomic E-state index is 0.0951. The normalized spacial score (nSPS) is 22.2. The number of carbonyl (C=O) groups excluding carboxylic acids is 1. The van der Waals surface area contributed by atoms with Crippen LogP contribution in [0.2, 0.25) is 0 Å². The van der Waals surface area contributed by atoms with Gasteiger partial charge < -0.3 is 20.1 Å². The Kier molecular flexibility index (Phi) is 6.01. The molecule has 2 N–H and O–H groups in total. The molecule has 7 heteroatoms. The maximum atomic E-state index is 11.8. The zero-order valence-corrected chi connectivity index (χ0v) is 16.1. The highest BCUT2D eigenvalue weighted by molar-refractivity contribution is 5.88. The van der Waals surface area contributed by atoms with Crippen molar-refractivity contribution in [3.05, 3.63) is 29.8 Å². The number of ether oxygens (including phenoxy) is 1. The van der Waals surface area contributed by atoms with Crippen molar-refractivity contribution in [3.63, 3.8) is 0 Å². The molecule has 2 heterocycles. The van der Waals surface area contributed by atoms with Crippen molar-refractivity contribution in [3.8, 4) is 5.75 Å². The molecular formula is C20H29N3O4. The number of para-hydroxylation sites is 1. The summed E-state index contributed by atoms with van der Waals surface area (Å²) in [5, 5.41) is 12.4. The van der Waals surface area contributed by atoms with E-state index < -0.39 is 17.4 Å². The van der Waals surface area contributed by atoms with Crippen molar-refractivity contribution >= 4 is 11.9 Å². The Morgan fingerprint density at radius 1 is 1.33 bits per heavy atom. The van der Waals surface area contributed by atoms with E-state index >= 15 is 0 Å². The lowest BCUT2D eigenvalue weighted by atomic mass is 9.77. The number of aliphatic carboxylic acids is 1. The molecule has 0 saturated carbocycles. The molecule has 0 radical (unpaired) electrons. The summed E-state index contributed by atoms with van der Waals surface area (Å²) in [7, 11) is 4.04. The van der Waals surface area contributed by atoms with Crippen LogP contribution < -0.4 is 10.1 Å². The molecule has 27 heavy (non-hydrogen) atoms. The fourth-order valence-corrected chi connectivity index (χ4v) is 4.06. The van der Waals surface area contributed by atoms with Gasteiger partial charge >= 0.3 is 5.97 Å². The molecule has 2 aliphatic rings. The first-order valence-corrected chi connectivity index (χ1v) is 9.51. The van der Waals surface area contributed by atoms with Gasteiger partial charge in [0.15, 0.2) is 0 Å². The molecular weight excluding hydrogens is 346 g/mol. The summed E-state index contributed by atoms with van der Waals surface area (Å²) in [6.45, 7) is 3.78. The van der Waals surface area contributed by atoms with E-state index in [4.69, 9.17) is 4.74 Å². The first-order valence-electron chi connectivity index (χ1n) is 9.51. The Morgan fingerprint density at radius 2 is 2.04 bits per heavy atom. The summed E-state index contributed by atoms with van der Waals surface area (Å²) in [4.78, 5) is 27.7. The van der Waals surface area contributed by atoms with E-state index in [2.05, 4.69) is 21.2 Å². The lowest BCUT2D eigenvalue weighted by Gasteiger charge is -2.41. The number of likely N-dealkylation sites (tertiary alicyclic amines) is 1. The first-order chi connectivity index (χ1) is 12.9. The number of rotatable bonds is 7. The number of hydrogen-bond donors (Lipinski definition) is 2. The average molecular weight is 375 g/mol. The topological polar surface area (TPSA) is 82.1 Å². The van der Waals surface area contributed by atoms with Crippen molar-refractivity contribution in [2.45, 2.75) is 31.3 Å². The van der Waals surface area contributed by atoms with Crippen LogP contribution in [0.5, 0.6) is 5.75 Å². The lowest BCUT2D eigenvalue weighted by molar-refractivity contribution is -0.144. The van der Waals surface area contributed by atoms with Gasteiger partial charge in [-0.05, 0) is 33.0 Å². The van der Waals surface area contributed by atoms with Crippen LogP contribution in [0.4, 0.5) is 0 Å². The molecule has 2 saturated heterocycles. The Bertz CT molecular complexity index is 684.